The van der Waals surface area contributed by atoms with Gasteiger partial charge in [-0.3, -0.25) is 9.36 Å². The molecule has 1 N–H and O–H groups in total. The van der Waals surface area contributed by atoms with Crippen LogP contribution in [0.1, 0.15) is 12.0 Å². The van der Waals surface area contributed by atoms with Gasteiger partial charge in [-0.1, -0.05) is 41.6 Å². The molecule has 0 atom stereocenters. The fourth-order valence-corrected chi connectivity index (χ4v) is 4.43. The Hall–Kier alpha value is -3.85. The first-order valence-corrected chi connectivity index (χ1v) is 11.7. The van der Waals surface area contributed by atoms with Crippen molar-refractivity contribution in [1.29, 1.82) is 0 Å². The van der Waals surface area contributed by atoms with Gasteiger partial charge in [0.1, 0.15) is 5.82 Å². The summed E-state index contributed by atoms with van der Waals surface area (Å²) in [6.45, 7) is 2.18. The zero-order valence-electron chi connectivity index (χ0n) is 18.3. The van der Waals surface area contributed by atoms with E-state index < -0.39 is 0 Å². The number of hydrogen-bond donors (Lipinski definition) is 1. The van der Waals surface area contributed by atoms with Crippen LogP contribution in [0.4, 0.5) is 10.1 Å². The standard InChI is InChI=1S/C25H21FN4O3S/c1-16-6-9-18(10-7-16)30-24(19-4-2-3-5-20(19)26)28-29-25(30)34-13-12-23(31)27-17-8-11-21-22(14-17)33-15-32-21/h2-11,14H,12-13,15H2,1H3,(H,27,31). The van der Waals surface area contributed by atoms with Crippen molar-refractivity contribution in [3.05, 3.63) is 78.1 Å². The molecule has 5 rings (SSSR count). The van der Waals surface area contributed by atoms with Crippen LogP contribution in [0.2, 0.25) is 0 Å². The van der Waals surface area contributed by atoms with Crippen molar-refractivity contribution in [3.63, 3.8) is 0 Å². The van der Waals surface area contributed by atoms with E-state index in [0.29, 0.717) is 39.5 Å². The number of amides is 1. The summed E-state index contributed by atoms with van der Waals surface area (Å²) in [7, 11) is 0. The third-order valence-corrected chi connectivity index (χ3v) is 6.19. The number of rotatable bonds is 7. The third-order valence-electron chi connectivity index (χ3n) is 5.26. The maximum atomic E-state index is 14.5. The molecule has 0 unspecified atom stereocenters. The van der Waals surface area contributed by atoms with Crippen LogP contribution in [0.15, 0.2) is 71.9 Å². The van der Waals surface area contributed by atoms with E-state index in [1.807, 2.05) is 35.8 Å². The summed E-state index contributed by atoms with van der Waals surface area (Å²) in [4.78, 5) is 12.5. The van der Waals surface area contributed by atoms with E-state index in [9.17, 15) is 9.18 Å². The first kappa shape index (κ1) is 22.0. The fraction of sp³-hybridized carbons (Fsp3) is 0.160. The fourth-order valence-electron chi connectivity index (χ4n) is 3.54. The van der Waals surface area contributed by atoms with Crippen LogP contribution in [0.25, 0.3) is 17.1 Å². The summed E-state index contributed by atoms with van der Waals surface area (Å²) in [6, 6.07) is 19.6. The molecule has 7 nitrogen and oxygen atoms in total. The van der Waals surface area contributed by atoms with Crippen LogP contribution in [-0.2, 0) is 4.79 Å². The molecule has 0 spiro atoms. The minimum atomic E-state index is -0.372. The van der Waals surface area contributed by atoms with Crippen molar-refractivity contribution in [2.24, 2.45) is 0 Å². The number of aromatic nitrogens is 3. The summed E-state index contributed by atoms with van der Waals surface area (Å²) in [5.41, 5.74) is 2.94. The maximum Gasteiger partial charge on any atom is 0.231 e. The number of anilines is 1. The second kappa shape index (κ2) is 9.56. The maximum absolute atomic E-state index is 14.5. The number of fused-ring (bicyclic) bond motifs is 1. The van der Waals surface area contributed by atoms with E-state index >= 15 is 0 Å². The van der Waals surface area contributed by atoms with Gasteiger partial charge in [-0.25, -0.2) is 4.39 Å². The lowest BCUT2D eigenvalue weighted by Gasteiger charge is -2.11. The highest BCUT2D eigenvalue weighted by molar-refractivity contribution is 7.99. The largest absolute Gasteiger partial charge is 0.454 e. The van der Waals surface area contributed by atoms with Gasteiger partial charge in [0, 0.05) is 29.6 Å². The van der Waals surface area contributed by atoms with Gasteiger partial charge in [0.05, 0.1) is 5.56 Å². The van der Waals surface area contributed by atoms with Crippen LogP contribution >= 0.6 is 11.8 Å². The summed E-state index contributed by atoms with van der Waals surface area (Å²) in [5.74, 6) is 1.64. The molecule has 1 aromatic heterocycles. The first-order chi connectivity index (χ1) is 16.6. The normalized spacial score (nSPS) is 12.1. The Morgan fingerprint density at radius 2 is 1.85 bits per heavy atom. The minimum absolute atomic E-state index is 0.137. The van der Waals surface area contributed by atoms with Crippen LogP contribution in [0.5, 0.6) is 11.5 Å². The zero-order valence-corrected chi connectivity index (χ0v) is 19.1. The average molecular weight is 477 g/mol. The molecule has 2 heterocycles. The molecule has 0 fully saturated rings. The number of aryl methyl sites for hydroxylation is 1. The Balaban J connectivity index is 1.32. The van der Waals surface area contributed by atoms with Crippen molar-refractivity contribution >= 4 is 23.4 Å². The first-order valence-electron chi connectivity index (χ1n) is 10.7. The molecular weight excluding hydrogens is 455 g/mol. The number of carbonyl (C=O) groups excluding carboxylic acids is 1. The summed E-state index contributed by atoms with van der Waals surface area (Å²) in [5, 5.41) is 12.0. The Labute approximate surface area is 199 Å². The summed E-state index contributed by atoms with van der Waals surface area (Å²) in [6.07, 6.45) is 0.259. The minimum Gasteiger partial charge on any atom is -0.454 e. The second-order valence-corrected chi connectivity index (χ2v) is 8.73. The number of ether oxygens (including phenoxy) is 2. The molecule has 1 amide bonds. The van der Waals surface area contributed by atoms with Crippen molar-refractivity contribution in [3.8, 4) is 28.6 Å². The predicted octanol–water partition coefficient (Wildman–Crippen LogP) is 5.23. The zero-order chi connectivity index (χ0) is 23.5. The van der Waals surface area contributed by atoms with Gasteiger partial charge in [0.2, 0.25) is 12.7 Å². The molecule has 3 aromatic carbocycles. The van der Waals surface area contributed by atoms with Crippen molar-refractivity contribution in [2.75, 3.05) is 17.9 Å². The number of nitrogens with one attached hydrogen (secondary N) is 1. The average Bonchev–Trinajstić information content (AvgIpc) is 3.47. The highest BCUT2D eigenvalue weighted by Crippen LogP contribution is 2.34. The van der Waals surface area contributed by atoms with Gasteiger partial charge in [-0.2, -0.15) is 0 Å². The molecule has 0 radical (unpaired) electrons. The highest BCUT2D eigenvalue weighted by atomic mass is 32.2. The van der Waals surface area contributed by atoms with Gasteiger partial charge in [-0.15, -0.1) is 10.2 Å². The smallest absolute Gasteiger partial charge is 0.231 e. The van der Waals surface area contributed by atoms with Crippen molar-refractivity contribution in [2.45, 2.75) is 18.5 Å². The summed E-state index contributed by atoms with van der Waals surface area (Å²) < 4.78 is 27.0. The number of benzene rings is 3. The van der Waals surface area contributed by atoms with Crippen LogP contribution in [0.3, 0.4) is 0 Å². The molecule has 0 saturated carbocycles. The molecule has 0 aliphatic carbocycles. The van der Waals surface area contributed by atoms with Gasteiger partial charge < -0.3 is 14.8 Å². The Kier molecular flexibility index (Phi) is 6.18. The van der Waals surface area contributed by atoms with Crippen LogP contribution < -0.4 is 14.8 Å². The quantitative estimate of drug-likeness (QED) is 0.368. The number of nitrogens with zero attached hydrogens (tertiary/aromatic N) is 3. The lowest BCUT2D eigenvalue weighted by molar-refractivity contribution is -0.115. The van der Waals surface area contributed by atoms with Crippen LogP contribution in [0, 0.1) is 12.7 Å². The molecule has 9 heteroatoms. The number of thioether (sulfide) groups is 1. The van der Waals surface area contributed by atoms with E-state index in [-0.39, 0.29) is 24.9 Å². The lowest BCUT2D eigenvalue weighted by atomic mass is 10.2. The summed E-state index contributed by atoms with van der Waals surface area (Å²) >= 11 is 1.39. The molecule has 0 saturated heterocycles. The number of hydrogen-bond acceptors (Lipinski definition) is 6. The molecule has 34 heavy (non-hydrogen) atoms. The molecule has 172 valence electrons. The van der Waals surface area contributed by atoms with Crippen molar-refractivity contribution in [1.82, 2.24) is 14.8 Å². The molecule has 4 aromatic rings. The van der Waals surface area contributed by atoms with Gasteiger partial charge in [0.25, 0.3) is 0 Å². The van der Waals surface area contributed by atoms with Crippen LogP contribution in [-0.4, -0.2) is 33.2 Å². The SMILES string of the molecule is Cc1ccc(-n2c(SCCC(=O)Nc3ccc4c(c3)OCO4)nnc2-c2ccccc2F)cc1. The molecule has 1 aliphatic heterocycles. The molecule has 0 bridgehead atoms. The van der Waals surface area contributed by atoms with Gasteiger partial charge >= 0.3 is 0 Å². The van der Waals surface area contributed by atoms with Gasteiger partial charge in [-0.05, 0) is 43.3 Å². The van der Waals surface area contributed by atoms with Crippen molar-refractivity contribution < 1.29 is 18.7 Å². The van der Waals surface area contributed by atoms with E-state index in [1.165, 1.54) is 17.8 Å². The highest BCUT2D eigenvalue weighted by Gasteiger charge is 2.19. The van der Waals surface area contributed by atoms with E-state index in [4.69, 9.17) is 9.47 Å². The molecular formula is C25H21FN4O3S. The monoisotopic (exact) mass is 476 g/mol. The van der Waals surface area contributed by atoms with E-state index in [2.05, 4.69) is 15.5 Å². The molecule has 1 aliphatic rings. The Bertz CT molecular complexity index is 1340. The second-order valence-electron chi connectivity index (χ2n) is 7.67. The Morgan fingerprint density at radius 1 is 1.06 bits per heavy atom. The van der Waals surface area contributed by atoms with E-state index in [0.717, 1.165) is 11.3 Å². The van der Waals surface area contributed by atoms with E-state index in [1.54, 1.807) is 36.4 Å². The predicted molar refractivity (Wildman–Crippen MR) is 128 cm³/mol. The third kappa shape index (κ3) is 4.60. The lowest BCUT2D eigenvalue weighted by Crippen LogP contribution is -2.12. The Morgan fingerprint density at radius 3 is 2.68 bits per heavy atom. The topological polar surface area (TPSA) is 78.3 Å². The number of carbonyl (C=O) groups is 1. The number of halogens is 1. The van der Waals surface area contributed by atoms with Gasteiger partial charge in [0.15, 0.2) is 22.5 Å².